The molecule has 0 aromatic carbocycles. The average Bonchev–Trinajstić information content (AvgIpc) is 3.10. The van der Waals surface area contributed by atoms with Gasteiger partial charge in [0.25, 0.3) is 5.91 Å². The largest absolute Gasteiger partial charge is 0.453 e. The van der Waals surface area contributed by atoms with Crippen LogP contribution in [0.1, 0.15) is 66.4 Å². The zero-order chi connectivity index (χ0) is 17.8. The van der Waals surface area contributed by atoms with E-state index in [0.29, 0.717) is 43.1 Å². The summed E-state index contributed by atoms with van der Waals surface area (Å²) in [6.45, 7) is 6.00. The fourth-order valence-corrected chi connectivity index (χ4v) is 3.14. The lowest BCUT2D eigenvalue weighted by atomic mass is 9.93. The molecule has 0 unspecified atom stereocenters. The average molecular weight is 343 g/mol. The van der Waals surface area contributed by atoms with Gasteiger partial charge >= 0.3 is 0 Å². The molecule has 0 atom stereocenters. The van der Waals surface area contributed by atoms with Crippen molar-refractivity contribution in [2.24, 2.45) is 0 Å². The van der Waals surface area contributed by atoms with Crippen LogP contribution < -0.4 is 0 Å². The van der Waals surface area contributed by atoms with Gasteiger partial charge in [-0.25, -0.2) is 9.97 Å². The Morgan fingerprint density at radius 2 is 2.08 bits per heavy atom. The summed E-state index contributed by atoms with van der Waals surface area (Å²) >= 11 is 0. The zero-order valence-electron chi connectivity index (χ0n) is 15.1. The van der Waals surface area contributed by atoms with E-state index in [2.05, 4.69) is 18.8 Å². The number of ether oxygens (including phenoxy) is 1. The summed E-state index contributed by atoms with van der Waals surface area (Å²) in [5.74, 6) is 2.59. The lowest BCUT2D eigenvalue weighted by Gasteiger charge is -2.31. The standard InChI is InChI=1S/C19H25N3O3/c1-13(2)18-20-9-6-16(21-18)14-7-10-22(11-8-14)19(23)17-5-4-15(25-17)12-24-3/h4-6,9,13-14H,7-8,10-12H2,1-3H3. The third-order valence-electron chi connectivity index (χ3n) is 4.57. The first-order valence-electron chi connectivity index (χ1n) is 8.78. The van der Waals surface area contributed by atoms with Crippen molar-refractivity contribution in [2.45, 2.75) is 45.1 Å². The van der Waals surface area contributed by atoms with Gasteiger partial charge in [0.2, 0.25) is 0 Å². The molecular weight excluding hydrogens is 318 g/mol. The Bertz CT molecular complexity index is 718. The van der Waals surface area contributed by atoms with Gasteiger partial charge in [0.05, 0.1) is 0 Å². The Hall–Kier alpha value is -2.21. The third kappa shape index (κ3) is 4.07. The molecular formula is C19H25N3O3. The molecule has 0 radical (unpaired) electrons. The molecule has 3 heterocycles. The second-order valence-corrected chi connectivity index (χ2v) is 6.76. The molecule has 25 heavy (non-hydrogen) atoms. The molecule has 1 amide bonds. The van der Waals surface area contributed by atoms with Gasteiger partial charge < -0.3 is 14.1 Å². The minimum atomic E-state index is -0.0497. The van der Waals surface area contributed by atoms with Gasteiger partial charge in [-0.3, -0.25) is 4.79 Å². The van der Waals surface area contributed by atoms with Crippen LogP contribution in [0, 0.1) is 0 Å². The number of piperidine rings is 1. The Kier molecular flexibility index (Phi) is 5.48. The van der Waals surface area contributed by atoms with Crippen molar-refractivity contribution in [3.63, 3.8) is 0 Å². The lowest BCUT2D eigenvalue weighted by Crippen LogP contribution is -2.38. The quantitative estimate of drug-likeness (QED) is 0.833. The number of hydrogen-bond acceptors (Lipinski definition) is 5. The van der Waals surface area contributed by atoms with Crippen LogP contribution in [-0.2, 0) is 11.3 Å². The van der Waals surface area contributed by atoms with Crippen molar-refractivity contribution in [2.75, 3.05) is 20.2 Å². The number of carbonyl (C=O) groups excluding carboxylic acids is 1. The lowest BCUT2D eigenvalue weighted by molar-refractivity contribution is 0.0672. The maximum absolute atomic E-state index is 12.6. The number of likely N-dealkylation sites (tertiary alicyclic amines) is 1. The van der Waals surface area contributed by atoms with Crippen molar-refractivity contribution in [3.05, 3.63) is 47.4 Å². The zero-order valence-corrected chi connectivity index (χ0v) is 15.1. The number of rotatable bonds is 5. The topological polar surface area (TPSA) is 68.5 Å². The molecule has 0 spiro atoms. The molecule has 0 saturated carbocycles. The predicted molar refractivity (Wildman–Crippen MR) is 93.4 cm³/mol. The highest BCUT2D eigenvalue weighted by Crippen LogP contribution is 2.28. The van der Waals surface area contributed by atoms with E-state index in [9.17, 15) is 4.79 Å². The summed E-state index contributed by atoms with van der Waals surface area (Å²) < 4.78 is 10.6. The normalized spacial score (nSPS) is 15.8. The maximum Gasteiger partial charge on any atom is 0.289 e. The number of furan rings is 1. The van der Waals surface area contributed by atoms with Crippen LogP contribution in [0.25, 0.3) is 0 Å². The van der Waals surface area contributed by atoms with E-state index in [1.165, 1.54) is 0 Å². The number of carbonyl (C=O) groups is 1. The van der Waals surface area contributed by atoms with Crippen molar-refractivity contribution in [3.8, 4) is 0 Å². The number of methoxy groups -OCH3 is 1. The van der Waals surface area contributed by atoms with Gasteiger partial charge in [0.1, 0.15) is 18.2 Å². The van der Waals surface area contributed by atoms with Crippen molar-refractivity contribution >= 4 is 5.91 Å². The number of hydrogen-bond donors (Lipinski definition) is 0. The minimum absolute atomic E-state index is 0.0497. The molecule has 0 bridgehead atoms. The fourth-order valence-electron chi connectivity index (χ4n) is 3.14. The molecule has 1 saturated heterocycles. The highest BCUT2D eigenvalue weighted by Gasteiger charge is 2.27. The molecule has 6 heteroatoms. The van der Waals surface area contributed by atoms with Crippen LogP contribution in [0.4, 0.5) is 0 Å². The van der Waals surface area contributed by atoms with Crippen LogP contribution >= 0.6 is 0 Å². The van der Waals surface area contributed by atoms with E-state index < -0.39 is 0 Å². The number of aromatic nitrogens is 2. The van der Waals surface area contributed by atoms with Gasteiger partial charge in [0.15, 0.2) is 5.76 Å². The van der Waals surface area contributed by atoms with Crippen LogP contribution in [0.3, 0.4) is 0 Å². The van der Waals surface area contributed by atoms with E-state index in [4.69, 9.17) is 14.1 Å². The first-order chi connectivity index (χ1) is 12.1. The molecule has 3 rings (SSSR count). The first-order valence-corrected chi connectivity index (χ1v) is 8.78. The van der Waals surface area contributed by atoms with Crippen molar-refractivity contribution in [1.82, 2.24) is 14.9 Å². The van der Waals surface area contributed by atoms with E-state index in [0.717, 1.165) is 24.4 Å². The van der Waals surface area contributed by atoms with Crippen molar-refractivity contribution < 1.29 is 13.9 Å². The summed E-state index contributed by atoms with van der Waals surface area (Å²) in [5.41, 5.74) is 1.09. The minimum Gasteiger partial charge on any atom is -0.453 e. The molecule has 1 aliphatic heterocycles. The molecule has 6 nitrogen and oxygen atoms in total. The Balaban J connectivity index is 1.61. The second-order valence-electron chi connectivity index (χ2n) is 6.76. The van der Waals surface area contributed by atoms with Crippen LogP contribution in [-0.4, -0.2) is 41.0 Å². The summed E-state index contributed by atoms with van der Waals surface area (Å²) in [6.07, 6.45) is 3.66. The van der Waals surface area contributed by atoms with E-state index >= 15 is 0 Å². The molecule has 1 fully saturated rings. The Morgan fingerprint density at radius 1 is 1.32 bits per heavy atom. The monoisotopic (exact) mass is 343 g/mol. The van der Waals surface area contributed by atoms with Crippen LogP contribution in [0.2, 0.25) is 0 Å². The SMILES string of the molecule is COCc1ccc(C(=O)N2CCC(c3ccnc(C(C)C)n3)CC2)o1. The second kappa shape index (κ2) is 7.78. The summed E-state index contributed by atoms with van der Waals surface area (Å²) in [6, 6.07) is 5.51. The van der Waals surface area contributed by atoms with E-state index in [1.54, 1.807) is 19.2 Å². The van der Waals surface area contributed by atoms with Crippen LogP contribution in [0.15, 0.2) is 28.8 Å². The molecule has 1 aliphatic rings. The number of nitrogens with zero attached hydrogens (tertiary/aromatic N) is 3. The molecule has 134 valence electrons. The summed E-state index contributed by atoms with van der Waals surface area (Å²) in [4.78, 5) is 23.5. The highest BCUT2D eigenvalue weighted by atomic mass is 16.5. The third-order valence-corrected chi connectivity index (χ3v) is 4.57. The maximum atomic E-state index is 12.6. The summed E-state index contributed by atoms with van der Waals surface area (Å²) in [7, 11) is 1.60. The molecule has 0 aliphatic carbocycles. The fraction of sp³-hybridized carbons (Fsp3) is 0.526. The smallest absolute Gasteiger partial charge is 0.289 e. The first kappa shape index (κ1) is 17.6. The van der Waals surface area contributed by atoms with Gasteiger partial charge in [-0.2, -0.15) is 0 Å². The Labute approximate surface area is 148 Å². The van der Waals surface area contributed by atoms with Gasteiger partial charge in [-0.1, -0.05) is 13.8 Å². The predicted octanol–water partition coefficient (Wildman–Crippen LogP) is 3.36. The van der Waals surface area contributed by atoms with E-state index in [-0.39, 0.29) is 5.91 Å². The Morgan fingerprint density at radius 3 is 2.76 bits per heavy atom. The summed E-state index contributed by atoms with van der Waals surface area (Å²) in [5, 5.41) is 0. The van der Waals surface area contributed by atoms with E-state index in [1.807, 2.05) is 17.2 Å². The number of amides is 1. The highest BCUT2D eigenvalue weighted by molar-refractivity contribution is 5.91. The molecule has 2 aromatic heterocycles. The van der Waals surface area contributed by atoms with Gasteiger partial charge in [-0.15, -0.1) is 0 Å². The van der Waals surface area contributed by atoms with Crippen molar-refractivity contribution in [1.29, 1.82) is 0 Å². The molecule has 2 aromatic rings. The molecule has 0 N–H and O–H groups in total. The van der Waals surface area contributed by atoms with Gasteiger partial charge in [0, 0.05) is 43.9 Å². The van der Waals surface area contributed by atoms with Gasteiger partial charge in [-0.05, 0) is 31.0 Å². The van der Waals surface area contributed by atoms with Crippen LogP contribution in [0.5, 0.6) is 0 Å².